The number of rotatable bonds is 10. The SMILES string of the molecule is O=C(NCc1ccccc1Cl)[C@@H](Cc1ccccc1)N(Cc1ccccc1)C(=O)Cc1ccc(Cl)cc1. The molecule has 0 aliphatic rings. The van der Waals surface area contributed by atoms with Gasteiger partial charge in [0.15, 0.2) is 0 Å². The minimum Gasteiger partial charge on any atom is -0.350 e. The van der Waals surface area contributed by atoms with Crippen molar-refractivity contribution in [2.45, 2.75) is 32.0 Å². The fraction of sp³-hybridized carbons (Fsp3) is 0.161. The number of halogens is 2. The predicted octanol–water partition coefficient (Wildman–Crippen LogP) is 6.49. The molecule has 0 aliphatic carbocycles. The van der Waals surface area contributed by atoms with Crippen LogP contribution in [-0.2, 0) is 35.5 Å². The summed E-state index contributed by atoms with van der Waals surface area (Å²) in [5, 5.41) is 4.21. The van der Waals surface area contributed by atoms with E-state index in [1.54, 1.807) is 23.1 Å². The molecular formula is C31H28Cl2N2O2. The molecule has 2 amide bonds. The van der Waals surface area contributed by atoms with Gasteiger partial charge in [-0.1, -0.05) is 114 Å². The second-order valence-corrected chi connectivity index (χ2v) is 9.67. The first-order valence-corrected chi connectivity index (χ1v) is 12.9. The van der Waals surface area contributed by atoms with Gasteiger partial charge >= 0.3 is 0 Å². The average molecular weight is 531 g/mol. The molecule has 0 heterocycles. The van der Waals surface area contributed by atoms with Gasteiger partial charge in [-0.25, -0.2) is 0 Å². The Balaban J connectivity index is 1.64. The smallest absolute Gasteiger partial charge is 0.243 e. The van der Waals surface area contributed by atoms with Crippen LogP contribution in [0, 0.1) is 0 Å². The van der Waals surface area contributed by atoms with Gasteiger partial charge in [-0.15, -0.1) is 0 Å². The van der Waals surface area contributed by atoms with Gasteiger partial charge in [-0.05, 0) is 40.5 Å². The summed E-state index contributed by atoms with van der Waals surface area (Å²) in [5.74, 6) is -0.371. The van der Waals surface area contributed by atoms with Crippen molar-refractivity contribution in [3.63, 3.8) is 0 Å². The Labute approximate surface area is 227 Å². The topological polar surface area (TPSA) is 49.4 Å². The normalized spacial score (nSPS) is 11.5. The Kier molecular flexibility index (Phi) is 9.36. The standard InChI is InChI=1S/C31H28Cl2N2O2/c32-27-17-15-24(16-18-27)20-30(36)35(22-25-11-5-2-6-12-25)29(19-23-9-3-1-4-10-23)31(37)34-21-26-13-7-8-14-28(26)33/h1-18,29H,19-22H2,(H,34,37)/t29-/m1/s1. The number of hydrogen-bond donors (Lipinski definition) is 1. The number of amides is 2. The first-order valence-electron chi connectivity index (χ1n) is 12.1. The first-order chi connectivity index (χ1) is 18.0. The van der Waals surface area contributed by atoms with Crippen molar-refractivity contribution in [1.29, 1.82) is 0 Å². The third kappa shape index (κ3) is 7.69. The first kappa shape index (κ1) is 26.5. The second kappa shape index (κ2) is 13.1. The maximum absolute atomic E-state index is 13.8. The molecule has 0 spiro atoms. The van der Waals surface area contributed by atoms with Crippen LogP contribution in [0.15, 0.2) is 109 Å². The Morgan fingerprint density at radius 1 is 0.703 bits per heavy atom. The van der Waals surface area contributed by atoms with Gasteiger partial charge in [0.25, 0.3) is 0 Å². The molecule has 4 aromatic rings. The van der Waals surface area contributed by atoms with Crippen molar-refractivity contribution < 1.29 is 9.59 Å². The van der Waals surface area contributed by atoms with Gasteiger partial charge in [0.2, 0.25) is 11.8 Å². The molecule has 0 fully saturated rings. The molecule has 0 radical (unpaired) electrons. The summed E-state index contributed by atoms with van der Waals surface area (Å²) in [6.45, 7) is 0.582. The molecule has 188 valence electrons. The molecule has 0 aliphatic heterocycles. The van der Waals surface area contributed by atoms with Crippen LogP contribution in [0.1, 0.15) is 22.3 Å². The van der Waals surface area contributed by atoms with Crippen molar-refractivity contribution in [3.05, 3.63) is 141 Å². The highest BCUT2D eigenvalue weighted by molar-refractivity contribution is 6.31. The lowest BCUT2D eigenvalue weighted by atomic mass is 10.0. The molecule has 0 saturated carbocycles. The van der Waals surface area contributed by atoms with Crippen LogP contribution in [0.5, 0.6) is 0 Å². The zero-order chi connectivity index (χ0) is 26.0. The van der Waals surface area contributed by atoms with Crippen molar-refractivity contribution in [2.24, 2.45) is 0 Å². The molecule has 1 N–H and O–H groups in total. The Hall–Kier alpha value is -3.60. The van der Waals surface area contributed by atoms with Crippen molar-refractivity contribution >= 4 is 35.0 Å². The van der Waals surface area contributed by atoms with Crippen molar-refractivity contribution in [1.82, 2.24) is 10.2 Å². The van der Waals surface area contributed by atoms with E-state index in [4.69, 9.17) is 23.2 Å². The Morgan fingerprint density at radius 2 is 1.30 bits per heavy atom. The second-order valence-electron chi connectivity index (χ2n) is 8.83. The lowest BCUT2D eigenvalue weighted by Crippen LogP contribution is -2.50. The third-order valence-corrected chi connectivity index (χ3v) is 6.77. The summed E-state index contributed by atoms with van der Waals surface area (Å²) < 4.78 is 0. The quantitative estimate of drug-likeness (QED) is 0.254. The fourth-order valence-electron chi connectivity index (χ4n) is 4.15. The van der Waals surface area contributed by atoms with Gasteiger partial charge < -0.3 is 10.2 Å². The largest absolute Gasteiger partial charge is 0.350 e. The summed E-state index contributed by atoms with van der Waals surface area (Å²) >= 11 is 12.4. The predicted molar refractivity (Wildman–Crippen MR) is 149 cm³/mol. The molecule has 4 nitrogen and oxygen atoms in total. The molecular weight excluding hydrogens is 503 g/mol. The number of hydrogen-bond acceptors (Lipinski definition) is 2. The number of carbonyl (C=O) groups is 2. The zero-order valence-corrected chi connectivity index (χ0v) is 21.8. The van der Waals surface area contributed by atoms with Gasteiger partial charge in [0.05, 0.1) is 6.42 Å². The van der Waals surface area contributed by atoms with E-state index >= 15 is 0 Å². The van der Waals surface area contributed by atoms with Crippen LogP contribution < -0.4 is 5.32 Å². The molecule has 37 heavy (non-hydrogen) atoms. The van der Waals surface area contributed by atoms with E-state index < -0.39 is 6.04 Å². The molecule has 0 unspecified atom stereocenters. The van der Waals surface area contributed by atoms with Gasteiger partial charge in [-0.3, -0.25) is 9.59 Å². The summed E-state index contributed by atoms with van der Waals surface area (Å²) in [6.07, 6.45) is 0.543. The van der Waals surface area contributed by atoms with E-state index in [1.807, 2.05) is 91.0 Å². The Morgan fingerprint density at radius 3 is 1.95 bits per heavy atom. The Bertz CT molecular complexity index is 1310. The van der Waals surface area contributed by atoms with Crippen LogP contribution in [0.4, 0.5) is 0 Å². The third-order valence-electron chi connectivity index (χ3n) is 6.15. The van der Waals surface area contributed by atoms with Crippen LogP contribution in [0.3, 0.4) is 0 Å². The van der Waals surface area contributed by atoms with E-state index in [2.05, 4.69) is 5.32 Å². The maximum atomic E-state index is 13.8. The summed E-state index contributed by atoms with van der Waals surface area (Å²) in [6, 6.07) is 33.4. The molecule has 0 bridgehead atoms. The van der Waals surface area contributed by atoms with Crippen molar-refractivity contribution in [3.8, 4) is 0 Å². The number of nitrogens with zero attached hydrogens (tertiary/aromatic N) is 1. The van der Waals surface area contributed by atoms with E-state index in [-0.39, 0.29) is 24.8 Å². The van der Waals surface area contributed by atoms with Crippen LogP contribution in [-0.4, -0.2) is 22.8 Å². The van der Waals surface area contributed by atoms with Crippen LogP contribution in [0.2, 0.25) is 10.0 Å². The summed E-state index contributed by atoms with van der Waals surface area (Å²) in [7, 11) is 0. The summed E-state index contributed by atoms with van der Waals surface area (Å²) in [5.41, 5.74) is 3.57. The molecule has 1 atom stereocenters. The number of nitrogens with one attached hydrogen (secondary N) is 1. The molecule has 0 saturated heterocycles. The van der Waals surface area contributed by atoms with E-state index in [0.717, 1.165) is 22.3 Å². The maximum Gasteiger partial charge on any atom is 0.243 e. The molecule has 4 rings (SSSR count). The zero-order valence-electron chi connectivity index (χ0n) is 20.3. The summed E-state index contributed by atoms with van der Waals surface area (Å²) in [4.78, 5) is 29.1. The minimum atomic E-state index is -0.718. The van der Waals surface area contributed by atoms with Crippen molar-refractivity contribution in [2.75, 3.05) is 0 Å². The molecule has 6 heteroatoms. The monoisotopic (exact) mass is 530 g/mol. The van der Waals surface area contributed by atoms with Crippen LogP contribution in [0.25, 0.3) is 0 Å². The van der Waals surface area contributed by atoms with Gasteiger partial charge in [-0.2, -0.15) is 0 Å². The number of benzene rings is 4. The number of carbonyl (C=O) groups excluding carboxylic acids is 2. The lowest BCUT2D eigenvalue weighted by Gasteiger charge is -2.32. The van der Waals surface area contributed by atoms with E-state index in [0.29, 0.717) is 23.0 Å². The molecule has 0 aromatic heterocycles. The minimum absolute atomic E-state index is 0.139. The highest BCUT2D eigenvalue weighted by Gasteiger charge is 2.30. The van der Waals surface area contributed by atoms with Gasteiger partial charge in [0, 0.05) is 29.6 Å². The lowest BCUT2D eigenvalue weighted by molar-refractivity contribution is -0.140. The van der Waals surface area contributed by atoms with E-state index in [9.17, 15) is 9.59 Å². The van der Waals surface area contributed by atoms with Crippen LogP contribution >= 0.6 is 23.2 Å². The van der Waals surface area contributed by atoms with Gasteiger partial charge in [0.1, 0.15) is 6.04 Å². The van der Waals surface area contributed by atoms with E-state index in [1.165, 1.54) is 0 Å². The fourth-order valence-corrected chi connectivity index (χ4v) is 4.48. The highest BCUT2D eigenvalue weighted by Crippen LogP contribution is 2.19. The highest BCUT2D eigenvalue weighted by atomic mass is 35.5. The molecule has 4 aromatic carbocycles. The average Bonchev–Trinajstić information content (AvgIpc) is 2.92.